The minimum atomic E-state index is -3.53. The topological polar surface area (TPSA) is 88.6 Å². The zero-order chi connectivity index (χ0) is 22.8. The van der Waals surface area contributed by atoms with Crippen LogP contribution in [0.2, 0.25) is 0 Å². The second-order valence-electron chi connectivity index (χ2n) is 8.39. The molecule has 0 bridgehead atoms. The minimum Gasteiger partial charge on any atom is -0.457 e. The lowest BCUT2D eigenvalue weighted by molar-refractivity contribution is -0.122. The Morgan fingerprint density at radius 1 is 0.970 bits per heavy atom. The fraction of sp³-hybridized carbons (Fsp3) is 0.280. The molecule has 1 aromatic heterocycles. The van der Waals surface area contributed by atoms with Crippen molar-refractivity contribution in [3.8, 4) is 11.5 Å². The van der Waals surface area contributed by atoms with E-state index < -0.39 is 15.9 Å². The highest BCUT2D eigenvalue weighted by atomic mass is 32.2. The van der Waals surface area contributed by atoms with Crippen LogP contribution in [0.3, 0.4) is 0 Å². The summed E-state index contributed by atoms with van der Waals surface area (Å²) in [5, 5.41) is 3.12. The first-order valence-electron chi connectivity index (χ1n) is 11.1. The van der Waals surface area contributed by atoms with Gasteiger partial charge >= 0.3 is 0 Å². The summed E-state index contributed by atoms with van der Waals surface area (Å²) < 4.78 is 33.1. The Morgan fingerprint density at radius 3 is 2.21 bits per heavy atom. The number of piperidine rings is 1. The van der Waals surface area contributed by atoms with Crippen LogP contribution >= 0.6 is 0 Å². The molecule has 170 valence electrons. The van der Waals surface area contributed by atoms with Crippen LogP contribution in [0.25, 0.3) is 0 Å². The molecular formula is C25H25N3O4S. The van der Waals surface area contributed by atoms with E-state index in [9.17, 15) is 13.2 Å². The third-order valence-corrected chi connectivity index (χ3v) is 8.23. The number of benzene rings is 2. The van der Waals surface area contributed by atoms with E-state index in [1.54, 1.807) is 18.3 Å². The van der Waals surface area contributed by atoms with Gasteiger partial charge in [0.2, 0.25) is 15.9 Å². The average Bonchev–Trinajstić information content (AvgIpc) is 2.86. The molecule has 2 aliphatic rings. The van der Waals surface area contributed by atoms with E-state index in [2.05, 4.69) is 10.3 Å². The van der Waals surface area contributed by atoms with Gasteiger partial charge in [-0.3, -0.25) is 9.78 Å². The zero-order valence-corrected chi connectivity index (χ0v) is 18.9. The Morgan fingerprint density at radius 2 is 1.61 bits per heavy atom. The maximum absolute atomic E-state index is 13.3. The van der Waals surface area contributed by atoms with Gasteiger partial charge in [0.1, 0.15) is 16.4 Å². The molecule has 2 aliphatic heterocycles. The minimum absolute atomic E-state index is 0.0661. The fourth-order valence-corrected chi connectivity index (χ4v) is 5.98. The molecular weight excluding hydrogens is 438 g/mol. The van der Waals surface area contributed by atoms with Crippen molar-refractivity contribution >= 4 is 15.9 Å². The van der Waals surface area contributed by atoms with Crippen LogP contribution in [0.4, 0.5) is 0 Å². The molecule has 3 aromatic rings. The Hall–Kier alpha value is -3.23. The van der Waals surface area contributed by atoms with Crippen molar-refractivity contribution in [1.29, 1.82) is 0 Å². The quantitative estimate of drug-likeness (QED) is 0.625. The molecule has 0 aliphatic carbocycles. The number of hydrogen-bond donors (Lipinski definition) is 1. The molecule has 7 nitrogen and oxygen atoms in total. The summed E-state index contributed by atoms with van der Waals surface area (Å²) in [6.07, 6.45) is 4.33. The summed E-state index contributed by atoms with van der Waals surface area (Å²) in [6, 6.07) is 18.4. The molecule has 33 heavy (non-hydrogen) atoms. The number of hydrogen-bond acceptors (Lipinski definition) is 5. The van der Waals surface area contributed by atoms with E-state index in [0.717, 1.165) is 11.1 Å². The zero-order valence-electron chi connectivity index (χ0n) is 18.1. The van der Waals surface area contributed by atoms with Gasteiger partial charge < -0.3 is 10.1 Å². The number of ether oxygens (including phenoxy) is 1. The van der Waals surface area contributed by atoms with Crippen LogP contribution < -0.4 is 10.1 Å². The Bertz CT molecular complexity index is 1210. The first-order valence-corrected chi connectivity index (χ1v) is 12.5. The molecule has 1 fully saturated rings. The number of para-hydroxylation sites is 2. The maximum atomic E-state index is 13.3. The number of sulfonamides is 1. The molecule has 2 aromatic carbocycles. The molecule has 0 spiro atoms. The van der Waals surface area contributed by atoms with Crippen LogP contribution in [0, 0.1) is 5.92 Å². The largest absolute Gasteiger partial charge is 0.457 e. The van der Waals surface area contributed by atoms with Gasteiger partial charge in [0.15, 0.2) is 0 Å². The highest BCUT2D eigenvalue weighted by molar-refractivity contribution is 7.89. The normalized spacial score (nSPS) is 17.0. The molecule has 0 radical (unpaired) electrons. The molecule has 1 N–H and O–H groups in total. The van der Waals surface area contributed by atoms with Gasteiger partial charge in [-0.05, 0) is 43.0 Å². The molecule has 0 atom stereocenters. The lowest BCUT2D eigenvalue weighted by Crippen LogP contribution is -2.42. The number of rotatable bonds is 5. The molecule has 1 amide bonds. The molecule has 5 rings (SSSR count). The third kappa shape index (κ3) is 4.24. The van der Waals surface area contributed by atoms with Crippen molar-refractivity contribution in [3.63, 3.8) is 0 Å². The first-order chi connectivity index (χ1) is 16.0. The van der Waals surface area contributed by atoms with E-state index in [-0.39, 0.29) is 16.7 Å². The predicted octanol–water partition coefficient (Wildman–Crippen LogP) is 3.54. The monoisotopic (exact) mass is 463 g/mol. The third-order valence-electron chi connectivity index (χ3n) is 6.35. The van der Waals surface area contributed by atoms with Gasteiger partial charge in [0.05, 0.1) is 5.92 Å². The number of nitrogens with zero attached hydrogens (tertiary/aromatic N) is 2. The number of carbonyl (C=O) groups excluding carboxylic acids is 1. The van der Waals surface area contributed by atoms with E-state index in [0.29, 0.717) is 44.0 Å². The predicted molar refractivity (Wildman–Crippen MR) is 124 cm³/mol. The Kier molecular flexibility index (Phi) is 5.86. The van der Waals surface area contributed by atoms with E-state index >= 15 is 0 Å². The molecule has 3 heterocycles. The summed E-state index contributed by atoms with van der Waals surface area (Å²) in [6.45, 7) is 1.38. The van der Waals surface area contributed by atoms with Crippen molar-refractivity contribution in [3.05, 3.63) is 84.2 Å². The van der Waals surface area contributed by atoms with Gasteiger partial charge in [0.25, 0.3) is 0 Å². The second kappa shape index (κ2) is 8.96. The van der Waals surface area contributed by atoms with Crippen molar-refractivity contribution in [1.82, 2.24) is 14.6 Å². The van der Waals surface area contributed by atoms with Crippen LogP contribution in [0.15, 0.2) is 78.0 Å². The smallest absolute Gasteiger partial charge is 0.244 e. The number of carbonyl (C=O) groups is 1. The van der Waals surface area contributed by atoms with Gasteiger partial charge in [-0.25, -0.2) is 8.42 Å². The van der Waals surface area contributed by atoms with Gasteiger partial charge in [-0.1, -0.05) is 36.4 Å². The molecule has 8 heteroatoms. The lowest BCUT2D eigenvalue weighted by atomic mass is 9.87. The number of nitrogens with one attached hydrogen (secondary N) is 1. The highest BCUT2D eigenvalue weighted by Gasteiger charge is 2.34. The Balaban J connectivity index is 1.23. The van der Waals surface area contributed by atoms with Crippen LogP contribution in [0.1, 0.15) is 29.9 Å². The fourth-order valence-electron chi connectivity index (χ4n) is 4.54. The van der Waals surface area contributed by atoms with Gasteiger partial charge in [0, 0.05) is 43.2 Å². The summed E-state index contributed by atoms with van der Waals surface area (Å²) in [7, 11) is -3.53. The van der Waals surface area contributed by atoms with E-state index in [4.69, 9.17) is 4.74 Å². The first kappa shape index (κ1) is 21.6. The van der Waals surface area contributed by atoms with Crippen molar-refractivity contribution in [2.45, 2.75) is 23.7 Å². The van der Waals surface area contributed by atoms with Crippen molar-refractivity contribution < 1.29 is 17.9 Å². The number of pyridine rings is 1. The van der Waals surface area contributed by atoms with Crippen molar-refractivity contribution in [2.24, 2.45) is 5.92 Å². The number of fused-ring (bicyclic) bond motifs is 2. The summed E-state index contributed by atoms with van der Waals surface area (Å²) >= 11 is 0. The summed E-state index contributed by atoms with van der Waals surface area (Å²) in [5.41, 5.74) is 1.71. The number of amides is 1. The Labute approximate surface area is 193 Å². The second-order valence-corrected chi connectivity index (χ2v) is 10.3. The summed E-state index contributed by atoms with van der Waals surface area (Å²) in [4.78, 5) is 17.4. The molecule has 0 unspecified atom stereocenters. The van der Waals surface area contributed by atoms with Crippen LogP contribution in [0.5, 0.6) is 11.5 Å². The maximum Gasteiger partial charge on any atom is 0.244 e. The van der Waals surface area contributed by atoms with Gasteiger partial charge in [-0.15, -0.1) is 0 Å². The molecule has 0 saturated carbocycles. The lowest BCUT2D eigenvalue weighted by Gasteiger charge is -2.32. The van der Waals surface area contributed by atoms with Crippen LogP contribution in [-0.2, 0) is 14.8 Å². The van der Waals surface area contributed by atoms with Gasteiger partial charge in [-0.2, -0.15) is 4.31 Å². The van der Waals surface area contributed by atoms with Crippen molar-refractivity contribution in [2.75, 3.05) is 19.6 Å². The highest BCUT2D eigenvalue weighted by Crippen LogP contribution is 2.43. The standard InChI is InChI=1S/C25H25N3O4S/c29-25(24-20-7-1-3-9-22(20)32-23-10-4-2-8-21(23)24)27-16-18-11-14-28(15-12-18)33(30,31)19-6-5-13-26-17-19/h1-10,13,17-18,24H,11-12,14-16H2,(H,27,29). The molecule has 1 saturated heterocycles. The average molecular weight is 464 g/mol. The summed E-state index contributed by atoms with van der Waals surface area (Å²) in [5.74, 6) is 1.12. The van der Waals surface area contributed by atoms with E-state index in [1.165, 1.54) is 10.5 Å². The SMILES string of the molecule is O=C(NCC1CCN(S(=O)(=O)c2cccnc2)CC1)C1c2ccccc2Oc2ccccc21. The number of aromatic nitrogens is 1. The van der Waals surface area contributed by atoms with Crippen LogP contribution in [-0.4, -0.2) is 43.2 Å². The van der Waals surface area contributed by atoms with E-state index in [1.807, 2.05) is 48.5 Å².